The van der Waals surface area contributed by atoms with Gasteiger partial charge in [-0.2, -0.15) is 0 Å². The quantitative estimate of drug-likeness (QED) is 0.848. The van der Waals surface area contributed by atoms with Crippen molar-refractivity contribution in [2.75, 3.05) is 12.4 Å². The van der Waals surface area contributed by atoms with E-state index >= 15 is 0 Å². The molecule has 1 N–H and O–H groups in total. The number of anilines is 1. The van der Waals surface area contributed by atoms with Crippen LogP contribution in [0.25, 0.3) is 17.2 Å². The number of nitrogens with one attached hydrogen (secondary N) is 1. The van der Waals surface area contributed by atoms with Crippen molar-refractivity contribution in [3.05, 3.63) is 48.9 Å². The van der Waals surface area contributed by atoms with Crippen LogP contribution in [-0.4, -0.2) is 17.0 Å². The van der Waals surface area contributed by atoms with Crippen LogP contribution >= 0.6 is 0 Å². The molecule has 0 atom stereocenters. The maximum atomic E-state index is 4.33. The molecule has 0 aromatic carbocycles. The average molecular weight is 211 g/mol. The van der Waals surface area contributed by atoms with E-state index in [1.54, 1.807) is 12.3 Å². The van der Waals surface area contributed by atoms with E-state index in [-0.39, 0.29) is 0 Å². The van der Waals surface area contributed by atoms with Crippen LogP contribution in [-0.2, 0) is 0 Å². The third-order valence-corrected chi connectivity index (χ3v) is 2.37. The van der Waals surface area contributed by atoms with Crippen LogP contribution < -0.4 is 5.32 Å². The first-order valence-electron chi connectivity index (χ1n) is 5.06. The third-order valence-electron chi connectivity index (χ3n) is 2.37. The normalized spacial score (nSPS) is 9.81. The minimum absolute atomic E-state index is 0.836. The van der Waals surface area contributed by atoms with Gasteiger partial charge in [0.15, 0.2) is 0 Å². The zero-order valence-corrected chi connectivity index (χ0v) is 9.14. The molecule has 0 unspecified atom stereocenters. The Bertz CT molecular complexity index is 492. The molecule has 0 aliphatic heterocycles. The number of nitrogens with zero attached hydrogens (tertiary/aromatic N) is 2. The first kappa shape index (κ1) is 10.4. The minimum atomic E-state index is 0.836. The van der Waals surface area contributed by atoms with Gasteiger partial charge in [-0.3, -0.25) is 4.98 Å². The van der Waals surface area contributed by atoms with Crippen molar-refractivity contribution in [2.45, 2.75) is 0 Å². The molecule has 2 aromatic heterocycles. The van der Waals surface area contributed by atoms with Crippen molar-refractivity contribution in [3.63, 3.8) is 0 Å². The van der Waals surface area contributed by atoms with E-state index in [9.17, 15) is 0 Å². The molecule has 0 aliphatic carbocycles. The SMILES string of the molecule is C=Cc1cc(-c2cccnc2)cnc1NC. The second-order valence-electron chi connectivity index (χ2n) is 3.36. The molecule has 0 aliphatic rings. The first-order valence-corrected chi connectivity index (χ1v) is 5.06. The highest BCUT2D eigenvalue weighted by Crippen LogP contribution is 2.22. The molecule has 0 radical (unpaired) electrons. The maximum absolute atomic E-state index is 4.33. The largest absolute Gasteiger partial charge is 0.373 e. The molecule has 2 aromatic rings. The van der Waals surface area contributed by atoms with Crippen molar-refractivity contribution in [1.29, 1.82) is 0 Å². The van der Waals surface area contributed by atoms with Crippen LogP contribution in [0, 0.1) is 0 Å². The molecule has 0 spiro atoms. The summed E-state index contributed by atoms with van der Waals surface area (Å²) >= 11 is 0. The number of rotatable bonds is 3. The summed E-state index contributed by atoms with van der Waals surface area (Å²) in [5, 5.41) is 3.03. The van der Waals surface area contributed by atoms with E-state index in [1.807, 2.05) is 37.6 Å². The molecule has 0 amide bonds. The Morgan fingerprint density at radius 3 is 2.81 bits per heavy atom. The highest BCUT2D eigenvalue weighted by Gasteiger charge is 2.02. The third kappa shape index (κ3) is 1.93. The predicted octanol–water partition coefficient (Wildman–Crippen LogP) is 2.83. The summed E-state index contributed by atoms with van der Waals surface area (Å²) in [6.45, 7) is 3.78. The number of aromatic nitrogens is 2. The van der Waals surface area contributed by atoms with Gasteiger partial charge in [-0.05, 0) is 12.1 Å². The summed E-state index contributed by atoms with van der Waals surface area (Å²) in [6.07, 6.45) is 7.20. The van der Waals surface area contributed by atoms with Crippen molar-refractivity contribution >= 4 is 11.9 Å². The molecule has 2 rings (SSSR count). The van der Waals surface area contributed by atoms with E-state index in [0.29, 0.717) is 0 Å². The summed E-state index contributed by atoms with van der Waals surface area (Å²) < 4.78 is 0. The van der Waals surface area contributed by atoms with E-state index in [1.165, 1.54) is 0 Å². The van der Waals surface area contributed by atoms with Gasteiger partial charge in [0.2, 0.25) is 0 Å². The summed E-state index contributed by atoms with van der Waals surface area (Å²) in [7, 11) is 1.85. The van der Waals surface area contributed by atoms with E-state index in [2.05, 4.69) is 21.9 Å². The summed E-state index contributed by atoms with van der Waals surface area (Å²) in [5.41, 5.74) is 3.09. The second-order valence-corrected chi connectivity index (χ2v) is 3.36. The highest BCUT2D eigenvalue weighted by atomic mass is 15.0. The summed E-state index contributed by atoms with van der Waals surface area (Å²) in [5.74, 6) is 0.836. The van der Waals surface area contributed by atoms with Crippen molar-refractivity contribution in [2.24, 2.45) is 0 Å². The molecule has 16 heavy (non-hydrogen) atoms. The number of hydrogen-bond donors (Lipinski definition) is 1. The zero-order chi connectivity index (χ0) is 11.4. The Morgan fingerprint density at radius 1 is 1.31 bits per heavy atom. The van der Waals surface area contributed by atoms with Gasteiger partial charge >= 0.3 is 0 Å². The van der Waals surface area contributed by atoms with Gasteiger partial charge in [-0.25, -0.2) is 4.98 Å². The molecular formula is C13H13N3. The second kappa shape index (κ2) is 4.57. The number of pyridine rings is 2. The van der Waals surface area contributed by atoms with Gasteiger partial charge in [0.05, 0.1) is 0 Å². The van der Waals surface area contributed by atoms with Crippen LogP contribution in [0.15, 0.2) is 43.4 Å². The van der Waals surface area contributed by atoms with Crippen molar-refractivity contribution in [3.8, 4) is 11.1 Å². The predicted molar refractivity (Wildman–Crippen MR) is 67.1 cm³/mol. The molecule has 3 nitrogen and oxygen atoms in total. The van der Waals surface area contributed by atoms with Crippen molar-refractivity contribution < 1.29 is 0 Å². The Labute approximate surface area is 94.9 Å². The lowest BCUT2D eigenvalue weighted by Crippen LogP contribution is -1.95. The Morgan fingerprint density at radius 2 is 2.19 bits per heavy atom. The number of hydrogen-bond acceptors (Lipinski definition) is 3. The van der Waals surface area contributed by atoms with Crippen LogP contribution in [0.1, 0.15) is 5.56 Å². The van der Waals surface area contributed by atoms with Crippen molar-refractivity contribution in [1.82, 2.24) is 9.97 Å². The van der Waals surface area contributed by atoms with Crippen LogP contribution in [0.3, 0.4) is 0 Å². The fraction of sp³-hybridized carbons (Fsp3) is 0.0769. The lowest BCUT2D eigenvalue weighted by Gasteiger charge is -2.07. The van der Waals surface area contributed by atoms with Crippen LogP contribution in [0.2, 0.25) is 0 Å². The standard InChI is InChI=1S/C13H13N3/c1-3-10-7-12(9-16-13(10)14-2)11-5-4-6-15-8-11/h3-9H,1H2,2H3,(H,14,16). The highest BCUT2D eigenvalue weighted by molar-refractivity contribution is 5.70. The molecular weight excluding hydrogens is 198 g/mol. The van der Waals surface area contributed by atoms with E-state index in [4.69, 9.17) is 0 Å². The first-order chi connectivity index (χ1) is 7.85. The fourth-order valence-electron chi connectivity index (χ4n) is 1.54. The molecule has 0 bridgehead atoms. The molecule has 0 saturated carbocycles. The van der Waals surface area contributed by atoms with Crippen LogP contribution in [0.4, 0.5) is 5.82 Å². The Balaban J connectivity index is 2.48. The summed E-state index contributed by atoms with van der Waals surface area (Å²) in [6, 6.07) is 5.97. The smallest absolute Gasteiger partial charge is 0.132 e. The molecule has 80 valence electrons. The average Bonchev–Trinajstić information content (AvgIpc) is 2.39. The van der Waals surface area contributed by atoms with Gasteiger partial charge in [0.1, 0.15) is 5.82 Å². The van der Waals surface area contributed by atoms with Gasteiger partial charge in [-0.1, -0.05) is 18.7 Å². The topological polar surface area (TPSA) is 37.8 Å². The molecule has 0 fully saturated rings. The zero-order valence-electron chi connectivity index (χ0n) is 9.14. The van der Waals surface area contributed by atoms with Crippen LogP contribution in [0.5, 0.6) is 0 Å². The van der Waals surface area contributed by atoms with E-state index in [0.717, 1.165) is 22.5 Å². The summed E-state index contributed by atoms with van der Waals surface area (Å²) in [4.78, 5) is 8.42. The van der Waals surface area contributed by atoms with E-state index < -0.39 is 0 Å². The lowest BCUT2D eigenvalue weighted by molar-refractivity contribution is 1.27. The lowest BCUT2D eigenvalue weighted by atomic mass is 10.1. The van der Waals surface area contributed by atoms with Gasteiger partial charge < -0.3 is 5.32 Å². The Kier molecular flexibility index (Phi) is 2.96. The fourth-order valence-corrected chi connectivity index (χ4v) is 1.54. The molecule has 3 heteroatoms. The minimum Gasteiger partial charge on any atom is -0.373 e. The maximum Gasteiger partial charge on any atom is 0.132 e. The van der Waals surface area contributed by atoms with Gasteiger partial charge in [0.25, 0.3) is 0 Å². The monoisotopic (exact) mass is 211 g/mol. The van der Waals surface area contributed by atoms with Gasteiger partial charge in [0, 0.05) is 42.3 Å². The Hall–Kier alpha value is -2.16. The molecule has 2 heterocycles. The molecule has 0 saturated heterocycles. The van der Waals surface area contributed by atoms with Gasteiger partial charge in [-0.15, -0.1) is 0 Å².